The third-order valence-corrected chi connectivity index (χ3v) is 4.02. The van der Waals surface area contributed by atoms with Gasteiger partial charge in [0, 0.05) is 18.4 Å². The van der Waals surface area contributed by atoms with E-state index < -0.39 is 11.7 Å². The Morgan fingerprint density at radius 3 is 2.39 bits per heavy atom. The predicted molar refractivity (Wildman–Crippen MR) is 84.4 cm³/mol. The first-order valence-electron chi connectivity index (χ1n) is 6.93. The van der Waals surface area contributed by atoms with Gasteiger partial charge in [-0.25, -0.2) is 4.98 Å². The first-order chi connectivity index (χ1) is 10.9. The lowest BCUT2D eigenvalue weighted by Gasteiger charge is -2.20. The highest BCUT2D eigenvalue weighted by atomic mass is 32.2. The van der Waals surface area contributed by atoms with Crippen molar-refractivity contribution < 1.29 is 18.0 Å². The average molecular weight is 340 g/mol. The zero-order valence-electron chi connectivity index (χ0n) is 12.4. The van der Waals surface area contributed by atoms with Crippen LogP contribution in [0.25, 0.3) is 0 Å². The van der Waals surface area contributed by atoms with Crippen molar-refractivity contribution in [3.63, 3.8) is 0 Å². The summed E-state index contributed by atoms with van der Waals surface area (Å²) in [6.07, 6.45) is -3.63. The molecule has 0 atom stereocenters. The monoisotopic (exact) mass is 340 g/mol. The summed E-state index contributed by atoms with van der Waals surface area (Å²) in [5, 5.41) is 0.385. The van der Waals surface area contributed by atoms with Crippen LogP contribution in [0.5, 0.6) is 0 Å². The van der Waals surface area contributed by atoms with Crippen LogP contribution >= 0.6 is 11.8 Å². The Morgan fingerprint density at radius 2 is 1.87 bits per heavy atom. The molecule has 122 valence electrons. The Hall–Kier alpha value is -2.02. The number of pyridine rings is 1. The Labute approximate surface area is 136 Å². The first-order valence-corrected chi connectivity index (χ1v) is 7.92. The van der Waals surface area contributed by atoms with E-state index in [9.17, 15) is 18.0 Å². The molecule has 0 aliphatic carbocycles. The molecule has 7 heteroatoms. The number of para-hydroxylation sites is 1. The van der Waals surface area contributed by atoms with Gasteiger partial charge in [-0.15, -0.1) is 0 Å². The summed E-state index contributed by atoms with van der Waals surface area (Å²) in [4.78, 5) is 17.6. The van der Waals surface area contributed by atoms with Gasteiger partial charge < -0.3 is 4.90 Å². The van der Waals surface area contributed by atoms with Gasteiger partial charge in [0.2, 0.25) is 5.91 Å². The molecule has 0 N–H and O–H groups in total. The SMILES string of the molecule is CCN(C(=O)CSc1ccc(C(F)(F)F)cn1)c1ccccc1. The number of hydrogen-bond donors (Lipinski definition) is 0. The zero-order chi connectivity index (χ0) is 16.9. The van der Waals surface area contributed by atoms with E-state index in [1.165, 1.54) is 6.07 Å². The van der Waals surface area contributed by atoms with Gasteiger partial charge in [0.05, 0.1) is 16.3 Å². The summed E-state index contributed by atoms with van der Waals surface area (Å²) in [5.41, 5.74) is -0.00590. The Bertz CT molecular complexity index is 645. The number of thioether (sulfide) groups is 1. The molecule has 0 aliphatic rings. The van der Waals surface area contributed by atoms with E-state index in [1.54, 1.807) is 4.90 Å². The van der Waals surface area contributed by atoms with E-state index in [-0.39, 0.29) is 11.7 Å². The third-order valence-electron chi connectivity index (χ3n) is 3.09. The minimum Gasteiger partial charge on any atom is -0.312 e. The van der Waals surface area contributed by atoms with Crippen LogP contribution in [-0.2, 0) is 11.0 Å². The Kier molecular flexibility index (Phi) is 5.65. The molecular weight excluding hydrogens is 325 g/mol. The van der Waals surface area contributed by atoms with Gasteiger partial charge >= 0.3 is 6.18 Å². The lowest BCUT2D eigenvalue weighted by Crippen LogP contribution is -2.32. The van der Waals surface area contributed by atoms with Crippen molar-refractivity contribution in [1.29, 1.82) is 0 Å². The highest BCUT2D eigenvalue weighted by molar-refractivity contribution is 7.99. The number of hydrogen-bond acceptors (Lipinski definition) is 3. The van der Waals surface area contributed by atoms with Gasteiger partial charge in [-0.3, -0.25) is 4.79 Å². The van der Waals surface area contributed by atoms with E-state index in [1.807, 2.05) is 37.3 Å². The summed E-state index contributed by atoms with van der Waals surface area (Å²) < 4.78 is 37.4. The van der Waals surface area contributed by atoms with Gasteiger partial charge in [-0.05, 0) is 31.2 Å². The minimum absolute atomic E-state index is 0.112. The zero-order valence-corrected chi connectivity index (χ0v) is 13.2. The number of rotatable bonds is 5. The molecule has 0 bridgehead atoms. The van der Waals surface area contributed by atoms with Crippen LogP contribution in [0.1, 0.15) is 12.5 Å². The number of anilines is 1. The summed E-state index contributed by atoms with van der Waals surface area (Å²) in [6.45, 7) is 2.38. The van der Waals surface area contributed by atoms with Crippen LogP contribution in [0.3, 0.4) is 0 Å². The quantitative estimate of drug-likeness (QED) is 0.763. The number of amides is 1. The molecule has 0 aliphatic heterocycles. The maximum Gasteiger partial charge on any atom is 0.417 e. The van der Waals surface area contributed by atoms with Gasteiger partial charge in [0.15, 0.2) is 0 Å². The second kappa shape index (κ2) is 7.50. The maximum atomic E-state index is 12.5. The number of benzene rings is 1. The topological polar surface area (TPSA) is 33.2 Å². The molecule has 1 amide bonds. The second-order valence-electron chi connectivity index (χ2n) is 4.65. The number of halogens is 3. The Morgan fingerprint density at radius 1 is 1.17 bits per heavy atom. The van der Waals surface area contributed by atoms with Crippen molar-refractivity contribution in [2.24, 2.45) is 0 Å². The summed E-state index contributed by atoms with van der Waals surface area (Å²) in [7, 11) is 0. The maximum absolute atomic E-state index is 12.5. The number of carbonyl (C=O) groups is 1. The smallest absolute Gasteiger partial charge is 0.312 e. The van der Waals surface area contributed by atoms with E-state index in [2.05, 4.69) is 4.98 Å². The van der Waals surface area contributed by atoms with Gasteiger partial charge in [-0.1, -0.05) is 30.0 Å². The molecule has 0 fully saturated rings. The summed E-state index contributed by atoms with van der Waals surface area (Å²) in [5.74, 6) is -0.00780. The number of carbonyl (C=O) groups excluding carboxylic acids is 1. The molecule has 0 unspecified atom stereocenters. The molecule has 1 aromatic heterocycles. The van der Waals surface area contributed by atoms with Crippen molar-refractivity contribution in [3.8, 4) is 0 Å². The normalized spacial score (nSPS) is 11.3. The molecule has 1 aromatic carbocycles. The van der Waals surface area contributed by atoms with Crippen molar-refractivity contribution in [1.82, 2.24) is 4.98 Å². The van der Waals surface area contributed by atoms with Crippen LogP contribution in [-0.4, -0.2) is 23.2 Å². The summed E-state index contributed by atoms with van der Waals surface area (Å²) in [6, 6.07) is 11.5. The standard InChI is InChI=1S/C16H15F3N2OS/c1-2-21(13-6-4-3-5-7-13)15(22)11-23-14-9-8-12(10-20-14)16(17,18)19/h3-10H,2,11H2,1H3. The lowest BCUT2D eigenvalue weighted by molar-refractivity contribution is -0.137. The molecular formula is C16H15F3N2OS. The molecule has 2 rings (SSSR count). The minimum atomic E-state index is -4.40. The number of aromatic nitrogens is 1. The molecule has 1 heterocycles. The van der Waals surface area contributed by atoms with E-state index in [0.29, 0.717) is 11.6 Å². The highest BCUT2D eigenvalue weighted by Gasteiger charge is 2.30. The number of alkyl halides is 3. The molecule has 0 saturated carbocycles. The van der Waals surface area contributed by atoms with Crippen molar-refractivity contribution in [3.05, 3.63) is 54.2 Å². The summed E-state index contributed by atoms with van der Waals surface area (Å²) >= 11 is 1.12. The number of nitrogens with zero attached hydrogens (tertiary/aromatic N) is 2. The second-order valence-corrected chi connectivity index (χ2v) is 5.64. The fourth-order valence-electron chi connectivity index (χ4n) is 1.96. The molecule has 0 spiro atoms. The molecule has 0 radical (unpaired) electrons. The molecule has 0 saturated heterocycles. The van der Waals surface area contributed by atoms with Gasteiger partial charge in [0.25, 0.3) is 0 Å². The van der Waals surface area contributed by atoms with Crippen LogP contribution < -0.4 is 4.90 Å². The van der Waals surface area contributed by atoms with E-state index in [0.717, 1.165) is 29.7 Å². The van der Waals surface area contributed by atoms with Crippen LogP contribution in [0.15, 0.2) is 53.7 Å². The highest BCUT2D eigenvalue weighted by Crippen LogP contribution is 2.29. The molecule has 3 nitrogen and oxygen atoms in total. The Balaban J connectivity index is 1.98. The van der Waals surface area contributed by atoms with Crippen LogP contribution in [0, 0.1) is 0 Å². The van der Waals surface area contributed by atoms with Crippen LogP contribution in [0.4, 0.5) is 18.9 Å². The van der Waals surface area contributed by atoms with Gasteiger partial charge in [0.1, 0.15) is 0 Å². The van der Waals surface area contributed by atoms with Crippen molar-refractivity contribution >= 4 is 23.4 Å². The fourth-order valence-corrected chi connectivity index (χ4v) is 2.68. The van der Waals surface area contributed by atoms with Crippen molar-refractivity contribution in [2.45, 2.75) is 18.1 Å². The third kappa shape index (κ3) is 4.72. The lowest BCUT2D eigenvalue weighted by atomic mass is 10.3. The first kappa shape index (κ1) is 17.3. The van der Waals surface area contributed by atoms with E-state index >= 15 is 0 Å². The van der Waals surface area contributed by atoms with Crippen LogP contribution in [0.2, 0.25) is 0 Å². The molecule has 23 heavy (non-hydrogen) atoms. The largest absolute Gasteiger partial charge is 0.417 e. The predicted octanol–water partition coefficient (Wildman–Crippen LogP) is 4.25. The van der Waals surface area contributed by atoms with E-state index in [4.69, 9.17) is 0 Å². The average Bonchev–Trinajstić information content (AvgIpc) is 2.54. The fraction of sp³-hybridized carbons (Fsp3) is 0.250. The molecule has 2 aromatic rings. The van der Waals surface area contributed by atoms with Crippen molar-refractivity contribution in [2.75, 3.05) is 17.2 Å². The van der Waals surface area contributed by atoms with Gasteiger partial charge in [-0.2, -0.15) is 13.2 Å².